The van der Waals surface area contributed by atoms with Crippen LogP contribution in [0, 0.1) is 0 Å². The van der Waals surface area contributed by atoms with Crippen molar-refractivity contribution in [2.75, 3.05) is 19.7 Å². The van der Waals surface area contributed by atoms with Gasteiger partial charge in [0.05, 0.1) is 12.2 Å². The van der Waals surface area contributed by atoms with Gasteiger partial charge >= 0.3 is 12.1 Å². The fourth-order valence-corrected chi connectivity index (χ4v) is 3.93. The molecule has 0 N–H and O–H groups in total. The third kappa shape index (κ3) is 5.51. The van der Waals surface area contributed by atoms with Crippen molar-refractivity contribution in [2.24, 2.45) is 0 Å². The van der Waals surface area contributed by atoms with E-state index in [9.17, 15) is 18.0 Å². The van der Waals surface area contributed by atoms with Crippen LogP contribution in [-0.2, 0) is 27.7 Å². The van der Waals surface area contributed by atoms with Crippen molar-refractivity contribution >= 4 is 5.97 Å². The molecule has 0 aromatic heterocycles. The first kappa shape index (κ1) is 22.1. The minimum absolute atomic E-state index is 0.255. The minimum atomic E-state index is -4.41. The lowest BCUT2D eigenvalue weighted by Gasteiger charge is -2.40. The highest BCUT2D eigenvalue weighted by molar-refractivity contribution is 5.82. The first-order chi connectivity index (χ1) is 14.3. The number of halogens is 3. The van der Waals surface area contributed by atoms with Crippen molar-refractivity contribution in [3.05, 3.63) is 83.4 Å². The van der Waals surface area contributed by atoms with Gasteiger partial charge in [-0.3, -0.25) is 4.90 Å². The molecule has 1 aliphatic heterocycles. The number of allylic oxidation sites excluding steroid dienone is 1. The van der Waals surface area contributed by atoms with Crippen LogP contribution in [-0.4, -0.2) is 30.6 Å². The molecule has 2 aromatic rings. The van der Waals surface area contributed by atoms with Gasteiger partial charge in [-0.25, -0.2) is 4.79 Å². The third-order valence-electron chi connectivity index (χ3n) is 5.59. The zero-order valence-electron chi connectivity index (χ0n) is 17.0. The predicted molar refractivity (Wildman–Crippen MR) is 110 cm³/mol. The van der Waals surface area contributed by atoms with E-state index >= 15 is 0 Å². The summed E-state index contributed by atoms with van der Waals surface area (Å²) in [7, 11) is 0. The third-order valence-corrected chi connectivity index (χ3v) is 5.59. The average Bonchev–Trinajstić information content (AvgIpc) is 2.74. The molecule has 1 heterocycles. The van der Waals surface area contributed by atoms with Crippen molar-refractivity contribution in [2.45, 2.75) is 37.9 Å². The molecule has 30 heavy (non-hydrogen) atoms. The van der Waals surface area contributed by atoms with Crippen molar-refractivity contribution in [1.29, 1.82) is 0 Å². The SMILES string of the molecule is CCOC(=O)/C=C/C1(c2cccc(C(F)(F)F)c2)CCN(Cc2ccccc2)CC1. The Hall–Kier alpha value is -2.60. The molecule has 1 aliphatic rings. The lowest BCUT2D eigenvalue weighted by Crippen LogP contribution is -2.41. The second kappa shape index (κ2) is 9.47. The zero-order valence-corrected chi connectivity index (χ0v) is 17.0. The molecular weight excluding hydrogens is 391 g/mol. The summed E-state index contributed by atoms with van der Waals surface area (Å²) in [5.74, 6) is -0.476. The van der Waals surface area contributed by atoms with Gasteiger partial charge in [-0.2, -0.15) is 13.2 Å². The number of esters is 1. The molecule has 0 unspecified atom stereocenters. The van der Waals surface area contributed by atoms with Crippen molar-refractivity contribution in [3.63, 3.8) is 0 Å². The van der Waals surface area contributed by atoms with Crippen LogP contribution in [0.1, 0.15) is 36.5 Å². The van der Waals surface area contributed by atoms with E-state index in [1.54, 1.807) is 19.1 Å². The number of carbonyl (C=O) groups excluding carboxylic acids is 1. The van der Waals surface area contributed by atoms with Gasteiger partial charge < -0.3 is 4.74 Å². The second-order valence-electron chi connectivity index (χ2n) is 7.58. The lowest BCUT2D eigenvalue weighted by atomic mass is 9.72. The average molecular weight is 417 g/mol. The molecule has 0 amide bonds. The van der Waals surface area contributed by atoms with E-state index in [1.807, 2.05) is 18.2 Å². The number of carbonyl (C=O) groups is 1. The minimum Gasteiger partial charge on any atom is -0.463 e. The number of alkyl halides is 3. The summed E-state index contributed by atoms with van der Waals surface area (Å²) in [6.45, 7) is 4.21. The molecule has 3 nitrogen and oxygen atoms in total. The van der Waals surface area contributed by atoms with Gasteiger partial charge in [0.2, 0.25) is 0 Å². The summed E-state index contributed by atoms with van der Waals surface area (Å²) in [4.78, 5) is 14.2. The van der Waals surface area contributed by atoms with Crippen LogP contribution in [0.25, 0.3) is 0 Å². The first-order valence-corrected chi connectivity index (χ1v) is 10.1. The smallest absolute Gasteiger partial charge is 0.416 e. The van der Waals surface area contributed by atoms with Crippen molar-refractivity contribution in [1.82, 2.24) is 4.90 Å². The Morgan fingerprint density at radius 1 is 1.10 bits per heavy atom. The van der Waals surface area contributed by atoms with E-state index in [-0.39, 0.29) is 6.61 Å². The van der Waals surface area contributed by atoms with Gasteiger partial charge in [0.25, 0.3) is 0 Å². The maximum Gasteiger partial charge on any atom is 0.416 e. The first-order valence-electron chi connectivity index (χ1n) is 10.1. The van der Waals surface area contributed by atoms with Gasteiger partial charge in [-0.1, -0.05) is 54.6 Å². The molecule has 160 valence electrons. The highest BCUT2D eigenvalue weighted by atomic mass is 19.4. The van der Waals surface area contributed by atoms with Gasteiger partial charge in [-0.15, -0.1) is 0 Å². The van der Waals surface area contributed by atoms with Crippen LogP contribution >= 0.6 is 0 Å². The van der Waals surface area contributed by atoms with E-state index in [1.165, 1.54) is 23.8 Å². The molecule has 0 radical (unpaired) electrons. The van der Waals surface area contributed by atoms with Crippen LogP contribution in [0.4, 0.5) is 13.2 Å². The molecule has 3 rings (SSSR count). The van der Waals surface area contributed by atoms with Crippen LogP contribution < -0.4 is 0 Å². The van der Waals surface area contributed by atoms with E-state index in [0.717, 1.165) is 25.7 Å². The van der Waals surface area contributed by atoms with Gasteiger partial charge in [0.15, 0.2) is 0 Å². The number of piperidine rings is 1. The number of rotatable bonds is 6. The van der Waals surface area contributed by atoms with E-state index < -0.39 is 23.1 Å². The Kier molecular flexibility index (Phi) is 6.98. The maximum absolute atomic E-state index is 13.3. The molecule has 0 aliphatic carbocycles. The Balaban J connectivity index is 1.84. The number of nitrogens with zero attached hydrogens (tertiary/aromatic N) is 1. The molecule has 2 aromatic carbocycles. The number of hydrogen-bond acceptors (Lipinski definition) is 3. The fraction of sp³-hybridized carbons (Fsp3) is 0.375. The number of benzene rings is 2. The molecule has 0 atom stereocenters. The molecule has 6 heteroatoms. The number of likely N-dealkylation sites (tertiary alicyclic amines) is 1. The lowest BCUT2D eigenvalue weighted by molar-refractivity contribution is -0.138. The number of ether oxygens (including phenoxy) is 1. The van der Waals surface area contributed by atoms with E-state index in [2.05, 4.69) is 17.0 Å². The standard InChI is InChI=1S/C24H26F3NO2/c1-2-30-22(29)11-12-23(20-9-6-10-21(17-20)24(25,26)27)13-15-28(16-14-23)18-19-7-4-3-5-8-19/h3-12,17H,2,13-16,18H2,1H3/b12-11+. The number of hydrogen-bond donors (Lipinski definition) is 0. The summed E-state index contributed by atoms with van der Waals surface area (Å²) in [5, 5.41) is 0. The highest BCUT2D eigenvalue weighted by Crippen LogP contribution is 2.40. The molecule has 0 bridgehead atoms. The monoisotopic (exact) mass is 417 g/mol. The molecule has 0 spiro atoms. The van der Waals surface area contributed by atoms with Crippen LogP contribution in [0.5, 0.6) is 0 Å². The molecule has 1 fully saturated rings. The van der Waals surface area contributed by atoms with Gasteiger partial charge in [-0.05, 0) is 50.0 Å². The largest absolute Gasteiger partial charge is 0.463 e. The quantitative estimate of drug-likeness (QED) is 0.468. The van der Waals surface area contributed by atoms with E-state index in [0.29, 0.717) is 18.4 Å². The van der Waals surface area contributed by atoms with Crippen molar-refractivity contribution < 1.29 is 22.7 Å². The Morgan fingerprint density at radius 3 is 2.43 bits per heavy atom. The zero-order chi connectivity index (χ0) is 21.6. The summed E-state index contributed by atoms with van der Waals surface area (Å²) < 4.78 is 44.8. The van der Waals surface area contributed by atoms with Crippen molar-refractivity contribution in [3.8, 4) is 0 Å². The summed E-state index contributed by atoms with van der Waals surface area (Å²) in [6.07, 6.45) is -0.0683. The normalized spacial score (nSPS) is 17.2. The van der Waals surface area contributed by atoms with E-state index in [4.69, 9.17) is 4.74 Å². The topological polar surface area (TPSA) is 29.5 Å². The van der Waals surface area contributed by atoms with Gasteiger partial charge in [0, 0.05) is 18.0 Å². The molecule has 1 saturated heterocycles. The molecular formula is C24H26F3NO2. The Labute approximate surface area is 175 Å². The van der Waals surface area contributed by atoms with Crippen LogP contribution in [0.2, 0.25) is 0 Å². The second-order valence-corrected chi connectivity index (χ2v) is 7.58. The summed E-state index contributed by atoms with van der Waals surface area (Å²) in [5.41, 5.74) is 0.472. The summed E-state index contributed by atoms with van der Waals surface area (Å²) >= 11 is 0. The van der Waals surface area contributed by atoms with Crippen LogP contribution in [0.3, 0.4) is 0 Å². The molecule has 0 saturated carbocycles. The van der Waals surface area contributed by atoms with Crippen LogP contribution in [0.15, 0.2) is 66.7 Å². The summed E-state index contributed by atoms with van der Waals surface area (Å²) in [6, 6.07) is 15.5. The fourth-order valence-electron chi connectivity index (χ4n) is 3.93. The predicted octanol–water partition coefficient (Wildman–Crippen LogP) is 5.36. The van der Waals surface area contributed by atoms with Gasteiger partial charge in [0.1, 0.15) is 0 Å². The maximum atomic E-state index is 13.3. The highest BCUT2D eigenvalue weighted by Gasteiger charge is 2.37. The Morgan fingerprint density at radius 2 is 1.80 bits per heavy atom. The Bertz CT molecular complexity index is 870.